The largest absolute Gasteiger partial charge is 0.507 e. The molecule has 0 atom stereocenters. The topological polar surface area (TPSA) is 59.2 Å². The monoisotopic (exact) mass is 286 g/mol. The molecule has 1 N–H and O–H groups in total. The molecule has 1 aromatic heterocycles. The van der Waals surface area contributed by atoms with Gasteiger partial charge in [-0.1, -0.05) is 35.0 Å². The van der Waals surface area contributed by atoms with Gasteiger partial charge < -0.3 is 9.63 Å². The highest BCUT2D eigenvalue weighted by Gasteiger charge is 2.15. The number of nitrogens with zero attached hydrogens (tertiary/aromatic N) is 2. The van der Waals surface area contributed by atoms with Gasteiger partial charge in [0.15, 0.2) is 0 Å². The van der Waals surface area contributed by atoms with E-state index in [2.05, 4.69) is 10.1 Å². The Bertz CT molecular complexity index is 768. The van der Waals surface area contributed by atoms with Crippen LogP contribution in [0.5, 0.6) is 5.75 Å². The van der Waals surface area contributed by atoms with Crippen molar-refractivity contribution in [1.29, 1.82) is 0 Å². The first-order valence-electron chi connectivity index (χ1n) is 6.04. The summed E-state index contributed by atoms with van der Waals surface area (Å²) in [6.45, 7) is 1.90. The molecule has 0 saturated carbocycles. The van der Waals surface area contributed by atoms with E-state index in [9.17, 15) is 5.11 Å². The first kappa shape index (κ1) is 12.7. The Morgan fingerprint density at radius 3 is 2.65 bits per heavy atom. The molecule has 0 saturated heterocycles. The normalized spacial score (nSPS) is 10.7. The molecule has 0 amide bonds. The average Bonchev–Trinajstić information content (AvgIpc) is 2.88. The van der Waals surface area contributed by atoms with Crippen molar-refractivity contribution in [2.24, 2.45) is 0 Å². The molecule has 0 fully saturated rings. The Labute approximate surface area is 120 Å². The van der Waals surface area contributed by atoms with Crippen LogP contribution in [0.15, 0.2) is 47.0 Å². The zero-order valence-corrected chi connectivity index (χ0v) is 11.4. The Morgan fingerprint density at radius 2 is 1.90 bits per heavy atom. The van der Waals surface area contributed by atoms with E-state index in [0.717, 1.165) is 5.56 Å². The van der Waals surface area contributed by atoms with Gasteiger partial charge in [-0.25, -0.2) is 0 Å². The van der Waals surface area contributed by atoms with Crippen LogP contribution >= 0.6 is 11.6 Å². The number of hydrogen-bond donors (Lipinski definition) is 1. The molecule has 0 aliphatic carbocycles. The minimum Gasteiger partial charge on any atom is -0.507 e. The highest BCUT2D eigenvalue weighted by molar-refractivity contribution is 6.33. The van der Waals surface area contributed by atoms with Crippen molar-refractivity contribution < 1.29 is 9.63 Å². The van der Waals surface area contributed by atoms with Gasteiger partial charge in [0, 0.05) is 5.56 Å². The third kappa shape index (κ3) is 2.26. The predicted octanol–water partition coefficient (Wildman–Crippen LogP) is 4.07. The number of rotatable bonds is 2. The smallest absolute Gasteiger partial charge is 0.261 e. The van der Waals surface area contributed by atoms with E-state index in [0.29, 0.717) is 22.0 Å². The van der Waals surface area contributed by atoms with Gasteiger partial charge in [0.05, 0.1) is 10.6 Å². The van der Waals surface area contributed by atoms with Crippen LogP contribution in [0.1, 0.15) is 5.56 Å². The number of hydrogen-bond acceptors (Lipinski definition) is 4. The third-order valence-corrected chi connectivity index (χ3v) is 3.25. The molecule has 100 valence electrons. The quantitative estimate of drug-likeness (QED) is 0.771. The molecule has 0 radical (unpaired) electrons. The molecular formula is C15H11ClN2O2. The molecule has 0 bridgehead atoms. The lowest BCUT2D eigenvalue weighted by Gasteiger charge is -2.00. The van der Waals surface area contributed by atoms with Gasteiger partial charge in [-0.3, -0.25) is 0 Å². The Kier molecular flexibility index (Phi) is 3.16. The minimum absolute atomic E-state index is 0.111. The summed E-state index contributed by atoms with van der Waals surface area (Å²) in [6.07, 6.45) is 0. The summed E-state index contributed by atoms with van der Waals surface area (Å²) in [5, 5.41) is 14.4. The fourth-order valence-electron chi connectivity index (χ4n) is 1.91. The van der Waals surface area contributed by atoms with E-state index in [4.69, 9.17) is 16.1 Å². The van der Waals surface area contributed by atoms with Crippen LogP contribution in [-0.2, 0) is 0 Å². The number of phenols is 1. The van der Waals surface area contributed by atoms with E-state index >= 15 is 0 Å². The maximum absolute atomic E-state index is 9.93. The van der Waals surface area contributed by atoms with Crippen LogP contribution in [0.25, 0.3) is 22.8 Å². The van der Waals surface area contributed by atoms with Crippen LogP contribution in [0.2, 0.25) is 5.02 Å². The van der Waals surface area contributed by atoms with Crippen molar-refractivity contribution in [3.05, 3.63) is 53.1 Å². The zero-order chi connectivity index (χ0) is 14.1. The average molecular weight is 287 g/mol. The zero-order valence-electron chi connectivity index (χ0n) is 10.7. The third-order valence-electron chi connectivity index (χ3n) is 2.92. The molecule has 0 unspecified atom stereocenters. The summed E-state index contributed by atoms with van der Waals surface area (Å²) < 4.78 is 5.20. The van der Waals surface area contributed by atoms with Crippen molar-refractivity contribution in [3.8, 4) is 28.6 Å². The van der Waals surface area contributed by atoms with E-state index in [1.165, 1.54) is 0 Å². The molecule has 0 aliphatic heterocycles. The van der Waals surface area contributed by atoms with Crippen molar-refractivity contribution in [2.75, 3.05) is 0 Å². The molecule has 20 heavy (non-hydrogen) atoms. The fraction of sp³-hybridized carbons (Fsp3) is 0.0667. The van der Waals surface area contributed by atoms with Gasteiger partial charge in [-0.05, 0) is 36.8 Å². The Hall–Kier alpha value is -2.33. The van der Waals surface area contributed by atoms with Crippen LogP contribution in [-0.4, -0.2) is 15.2 Å². The predicted molar refractivity (Wildman–Crippen MR) is 76.6 cm³/mol. The molecule has 2 aromatic carbocycles. The summed E-state index contributed by atoms with van der Waals surface area (Å²) in [4.78, 5) is 4.28. The fourth-order valence-corrected chi connectivity index (χ4v) is 2.13. The summed E-state index contributed by atoms with van der Waals surface area (Å²) in [5.41, 5.74) is 2.15. The van der Waals surface area contributed by atoms with Gasteiger partial charge in [0.2, 0.25) is 5.82 Å². The lowest BCUT2D eigenvalue weighted by atomic mass is 10.1. The highest BCUT2D eigenvalue weighted by Crippen LogP contribution is 2.31. The summed E-state index contributed by atoms with van der Waals surface area (Å²) in [5.74, 6) is 0.766. The Morgan fingerprint density at radius 1 is 1.10 bits per heavy atom. The van der Waals surface area contributed by atoms with E-state index < -0.39 is 0 Å². The second-order valence-corrected chi connectivity index (χ2v) is 4.83. The number of aryl methyl sites for hydroxylation is 1. The number of benzene rings is 2. The van der Waals surface area contributed by atoms with Gasteiger partial charge in [0.25, 0.3) is 5.89 Å². The second-order valence-electron chi connectivity index (χ2n) is 4.42. The molecule has 3 rings (SSSR count). The van der Waals surface area contributed by atoms with Crippen molar-refractivity contribution in [1.82, 2.24) is 10.1 Å². The van der Waals surface area contributed by atoms with Crippen LogP contribution < -0.4 is 0 Å². The van der Waals surface area contributed by atoms with Crippen LogP contribution in [0, 0.1) is 6.92 Å². The van der Waals surface area contributed by atoms with E-state index in [-0.39, 0.29) is 11.6 Å². The molecule has 3 aromatic rings. The molecule has 5 heteroatoms. The number of halogens is 1. The summed E-state index contributed by atoms with van der Waals surface area (Å²) in [7, 11) is 0. The molecular weight excluding hydrogens is 276 g/mol. The summed E-state index contributed by atoms with van der Waals surface area (Å²) >= 11 is 6.10. The first-order valence-corrected chi connectivity index (χ1v) is 6.41. The van der Waals surface area contributed by atoms with Crippen LogP contribution in [0.3, 0.4) is 0 Å². The molecule has 0 spiro atoms. The van der Waals surface area contributed by atoms with Gasteiger partial charge in [-0.15, -0.1) is 0 Å². The van der Waals surface area contributed by atoms with Crippen molar-refractivity contribution >= 4 is 11.6 Å². The van der Waals surface area contributed by atoms with E-state index in [1.807, 2.05) is 31.2 Å². The van der Waals surface area contributed by atoms with Gasteiger partial charge in [0.1, 0.15) is 5.75 Å². The van der Waals surface area contributed by atoms with Crippen molar-refractivity contribution in [3.63, 3.8) is 0 Å². The maximum Gasteiger partial charge on any atom is 0.261 e. The number of aromatic nitrogens is 2. The van der Waals surface area contributed by atoms with Crippen molar-refractivity contribution in [2.45, 2.75) is 6.92 Å². The SMILES string of the molecule is Cc1ccc(-c2nc(-c3ccccc3Cl)no2)c(O)c1. The molecule has 0 aliphatic rings. The molecule has 4 nitrogen and oxygen atoms in total. The second kappa shape index (κ2) is 4.98. The highest BCUT2D eigenvalue weighted by atomic mass is 35.5. The number of phenolic OH excluding ortho intramolecular Hbond substituents is 1. The van der Waals surface area contributed by atoms with Crippen LogP contribution in [0.4, 0.5) is 0 Å². The molecule has 1 heterocycles. The minimum atomic E-state index is 0.111. The van der Waals surface area contributed by atoms with E-state index in [1.54, 1.807) is 18.2 Å². The Balaban J connectivity index is 2.04. The standard InChI is InChI=1S/C15H11ClN2O2/c1-9-6-7-11(13(19)8-9)15-17-14(18-20-15)10-4-2-3-5-12(10)16/h2-8,19H,1H3. The summed E-state index contributed by atoms with van der Waals surface area (Å²) in [6, 6.07) is 12.5. The first-order chi connectivity index (χ1) is 9.65. The van der Waals surface area contributed by atoms with Gasteiger partial charge in [-0.2, -0.15) is 4.98 Å². The number of aromatic hydroxyl groups is 1. The van der Waals surface area contributed by atoms with Gasteiger partial charge >= 0.3 is 0 Å². The lowest BCUT2D eigenvalue weighted by Crippen LogP contribution is -1.83. The maximum atomic E-state index is 9.93. The lowest BCUT2D eigenvalue weighted by molar-refractivity contribution is 0.425.